The molecule has 26 heavy (non-hydrogen) atoms. The van der Waals surface area contributed by atoms with Crippen molar-refractivity contribution in [2.24, 2.45) is 5.73 Å². The van der Waals surface area contributed by atoms with Gasteiger partial charge >= 0.3 is 0 Å². The smallest absolute Gasteiger partial charge is 0.247 e. The number of amides is 1. The number of Topliss-reactive ketones (excluding diaryl/α,β-unsaturated/α-hetero) is 2. The molecule has 0 bridgehead atoms. The van der Waals surface area contributed by atoms with E-state index >= 15 is 0 Å². The summed E-state index contributed by atoms with van der Waals surface area (Å²) in [4.78, 5) is 35.8. The fourth-order valence-electron chi connectivity index (χ4n) is 2.58. The second kappa shape index (κ2) is 12.0. The molecule has 0 fully saturated rings. The minimum absolute atomic E-state index is 0.0906. The van der Waals surface area contributed by atoms with Gasteiger partial charge in [-0.25, -0.2) is 5.43 Å². The molecule has 0 aliphatic rings. The van der Waals surface area contributed by atoms with Crippen LogP contribution in [0.25, 0.3) is 0 Å². The van der Waals surface area contributed by atoms with Crippen LogP contribution in [-0.2, 0) is 14.4 Å². The minimum Gasteiger partial charge on any atom is -0.394 e. The van der Waals surface area contributed by atoms with E-state index < -0.39 is 54.5 Å². The number of aliphatic hydroxyl groups is 4. The lowest BCUT2D eigenvalue weighted by Crippen LogP contribution is -2.70. The number of carbonyl (C=O) groups is 3. The van der Waals surface area contributed by atoms with Crippen molar-refractivity contribution in [2.45, 2.75) is 69.8 Å². The number of nitrogens with two attached hydrogens (primary N) is 1. The highest BCUT2D eigenvalue weighted by Crippen LogP contribution is 2.25. The highest BCUT2D eigenvalue weighted by molar-refractivity contribution is 6.39. The Balaban J connectivity index is 5.77. The Morgan fingerprint density at radius 3 is 2.19 bits per heavy atom. The van der Waals surface area contributed by atoms with Crippen molar-refractivity contribution in [3.05, 3.63) is 0 Å². The van der Waals surface area contributed by atoms with E-state index in [1.54, 1.807) is 0 Å². The molecule has 0 saturated heterocycles. The van der Waals surface area contributed by atoms with Crippen LogP contribution < -0.4 is 16.6 Å². The quantitative estimate of drug-likeness (QED) is 0.0978. The average molecular weight is 377 g/mol. The molecule has 1 amide bonds. The van der Waals surface area contributed by atoms with Crippen molar-refractivity contribution in [3.63, 3.8) is 0 Å². The van der Waals surface area contributed by atoms with Gasteiger partial charge in [-0.15, -0.1) is 0 Å². The SMILES string of the molecule is CCCCCC[C@](NNC(=O)CN)(C(=O)C(C)=O)[C@@H](O)[C@@H](O)[C@H](O)CO. The summed E-state index contributed by atoms with van der Waals surface area (Å²) < 4.78 is 0. The molecule has 10 nitrogen and oxygen atoms in total. The van der Waals surface area contributed by atoms with Gasteiger partial charge in [-0.05, 0) is 6.42 Å². The maximum Gasteiger partial charge on any atom is 0.247 e. The first-order valence-corrected chi connectivity index (χ1v) is 8.64. The predicted octanol–water partition coefficient (Wildman–Crippen LogP) is -2.49. The van der Waals surface area contributed by atoms with E-state index in [0.717, 1.165) is 19.8 Å². The number of unbranched alkanes of at least 4 members (excludes halogenated alkanes) is 3. The number of hydrazine groups is 1. The van der Waals surface area contributed by atoms with Crippen LogP contribution in [0.4, 0.5) is 0 Å². The summed E-state index contributed by atoms with van der Waals surface area (Å²) in [5.41, 5.74) is 7.61. The fraction of sp³-hybridized carbons (Fsp3) is 0.812. The van der Waals surface area contributed by atoms with Gasteiger partial charge in [0, 0.05) is 6.92 Å². The second-order valence-corrected chi connectivity index (χ2v) is 6.23. The molecule has 0 radical (unpaired) electrons. The Morgan fingerprint density at radius 2 is 1.73 bits per heavy atom. The molecule has 0 aliphatic carbocycles. The standard InChI is InChI=1S/C16H31N3O7/c1-3-4-5-6-7-16(14(25)10(2)21,19-18-12(23)8-17)15(26)13(24)11(22)9-20/h11,13,15,19-20,22,24,26H,3-9,17H2,1-2H3,(H,18,23)/t11-,13+,15+,16+/m1/s1. The Bertz CT molecular complexity index is 475. The van der Waals surface area contributed by atoms with Crippen molar-refractivity contribution in [1.82, 2.24) is 10.9 Å². The molecule has 0 saturated carbocycles. The molecular weight excluding hydrogens is 346 g/mol. The molecule has 0 aromatic carbocycles. The summed E-state index contributed by atoms with van der Waals surface area (Å²) in [6.45, 7) is 1.69. The van der Waals surface area contributed by atoms with Gasteiger partial charge in [0.25, 0.3) is 0 Å². The van der Waals surface area contributed by atoms with Crippen LogP contribution in [0, 0.1) is 0 Å². The van der Waals surface area contributed by atoms with Crippen LogP contribution >= 0.6 is 0 Å². The van der Waals surface area contributed by atoms with Gasteiger partial charge in [0.15, 0.2) is 5.78 Å². The van der Waals surface area contributed by atoms with Crippen LogP contribution in [-0.4, -0.2) is 74.9 Å². The van der Waals surface area contributed by atoms with Gasteiger partial charge < -0.3 is 26.2 Å². The van der Waals surface area contributed by atoms with E-state index in [-0.39, 0.29) is 6.42 Å². The Labute approximate surface area is 152 Å². The van der Waals surface area contributed by atoms with Crippen LogP contribution in [0.15, 0.2) is 0 Å². The van der Waals surface area contributed by atoms with Crippen molar-refractivity contribution in [3.8, 4) is 0 Å². The zero-order valence-corrected chi connectivity index (χ0v) is 15.3. The molecule has 10 heteroatoms. The third kappa shape index (κ3) is 6.71. The molecule has 0 spiro atoms. The van der Waals surface area contributed by atoms with Gasteiger partial charge in [0.2, 0.25) is 11.7 Å². The molecule has 0 aromatic rings. The summed E-state index contributed by atoms with van der Waals surface area (Å²) in [5, 5.41) is 39.2. The van der Waals surface area contributed by atoms with E-state index in [0.29, 0.717) is 12.8 Å². The first kappa shape index (κ1) is 24.6. The predicted molar refractivity (Wildman–Crippen MR) is 92.6 cm³/mol. The Hall–Kier alpha value is -1.43. The van der Waals surface area contributed by atoms with Gasteiger partial charge in [0.05, 0.1) is 13.2 Å². The third-order valence-corrected chi connectivity index (χ3v) is 4.17. The summed E-state index contributed by atoms with van der Waals surface area (Å²) in [7, 11) is 0. The molecule has 0 heterocycles. The molecule has 152 valence electrons. The average Bonchev–Trinajstić information content (AvgIpc) is 2.64. The highest BCUT2D eigenvalue weighted by atomic mass is 16.4. The number of ketones is 2. The maximum atomic E-state index is 12.6. The van der Waals surface area contributed by atoms with Crippen LogP contribution in [0.1, 0.15) is 46.0 Å². The van der Waals surface area contributed by atoms with E-state index in [9.17, 15) is 29.7 Å². The van der Waals surface area contributed by atoms with E-state index in [1.165, 1.54) is 0 Å². The van der Waals surface area contributed by atoms with Gasteiger partial charge in [-0.2, -0.15) is 0 Å². The lowest BCUT2D eigenvalue weighted by Gasteiger charge is -2.39. The van der Waals surface area contributed by atoms with Crippen LogP contribution in [0.5, 0.6) is 0 Å². The summed E-state index contributed by atoms with van der Waals surface area (Å²) >= 11 is 0. The first-order chi connectivity index (χ1) is 12.2. The zero-order valence-electron chi connectivity index (χ0n) is 15.3. The molecule has 0 aromatic heterocycles. The zero-order chi connectivity index (χ0) is 20.3. The summed E-state index contributed by atoms with van der Waals surface area (Å²) in [6, 6.07) is 0. The topological polar surface area (TPSA) is 182 Å². The van der Waals surface area contributed by atoms with Crippen LogP contribution in [0.2, 0.25) is 0 Å². The number of carbonyl (C=O) groups excluding carboxylic acids is 3. The first-order valence-electron chi connectivity index (χ1n) is 8.64. The largest absolute Gasteiger partial charge is 0.394 e. The lowest BCUT2D eigenvalue weighted by atomic mass is 9.78. The van der Waals surface area contributed by atoms with Crippen molar-refractivity contribution in [2.75, 3.05) is 13.2 Å². The van der Waals surface area contributed by atoms with E-state index in [4.69, 9.17) is 10.8 Å². The second-order valence-electron chi connectivity index (χ2n) is 6.23. The lowest BCUT2D eigenvalue weighted by molar-refractivity contribution is -0.153. The normalized spacial score (nSPS) is 17.0. The minimum atomic E-state index is -2.07. The van der Waals surface area contributed by atoms with Crippen molar-refractivity contribution in [1.29, 1.82) is 0 Å². The monoisotopic (exact) mass is 377 g/mol. The van der Waals surface area contributed by atoms with Gasteiger partial charge in [-0.1, -0.05) is 32.6 Å². The summed E-state index contributed by atoms with van der Waals surface area (Å²) in [6.07, 6.45) is -2.91. The molecule has 0 rings (SSSR count). The summed E-state index contributed by atoms with van der Waals surface area (Å²) in [5.74, 6) is -2.67. The fourth-order valence-corrected chi connectivity index (χ4v) is 2.58. The number of rotatable bonds is 14. The Kier molecular flexibility index (Phi) is 11.4. The Morgan fingerprint density at radius 1 is 1.12 bits per heavy atom. The van der Waals surface area contributed by atoms with Crippen molar-refractivity contribution < 1.29 is 34.8 Å². The van der Waals surface area contributed by atoms with Crippen LogP contribution in [0.3, 0.4) is 0 Å². The van der Waals surface area contributed by atoms with Gasteiger partial charge in [0.1, 0.15) is 23.9 Å². The van der Waals surface area contributed by atoms with Crippen molar-refractivity contribution >= 4 is 17.5 Å². The molecule has 8 N–H and O–H groups in total. The van der Waals surface area contributed by atoms with E-state index in [2.05, 4.69) is 10.9 Å². The number of hydrogen-bond acceptors (Lipinski definition) is 9. The third-order valence-electron chi connectivity index (χ3n) is 4.17. The maximum absolute atomic E-state index is 12.6. The number of hydrogen-bond donors (Lipinski definition) is 7. The molecular formula is C16H31N3O7. The highest BCUT2D eigenvalue weighted by Gasteiger charge is 2.50. The van der Waals surface area contributed by atoms with Gasteiger partial charge in [-0.3, -0.25) is 19.8 Å². The molecule has 0 unspecified atom stereocenters. The number of aliphatic hydroxyl groups excluding tert-OH is 4. The van der Waals surface area contributed by atoms with E-state index in [1.807, 2.05) is 6.92 Å². The molecule has 4 atom stereocenters. The number of nitrogens with one attached hydrogen (secondary N) is 2. The molecule has 0 aliphatic heterocycles.